The van der Waals surface area contributed by atoms with Gasteiger partial charge in [0.15, 0.2) is 17.0 Å². The summed E-state index contributed by atoms with van der Waals surface area (Å²) in [5.41, 5.74) is 1.86. The number of piperidine rings is 1. The summed E-state index contributed by atoms with van der Waals surface area (Å²) in [6.07, 6.45) is 11.7. The van der Waals surface area contributed by atoms with Gasteiger partial charge in [-0.25, -0.2) is 15.0 Å². The number of nitrogens with zero attached hydrogens (tertiary/aromatic N) is 6. The smallest absolute Gasteiger partial charge is 0.224 e. The van der Waals surface area contributed by atoms with Crippen molar-refractivity contribution in [3.63, 3.8) is 0 Å². The Bertz CT molecular complexity index is 912. The summed E-state index contributed by atoms with van der Waals surface area (Å²) in [6.45, 7) is 11.1. The van der Waals surface area contributed by atoms with Gasteiger partial charge in [0.2, 0.25) is 5.91 Å². The van der Waals surface area contributed by atoms with Crippen LogP contribution in [0.3, 0.4) is 0 Å². The normalized spacial score (nSPS) is 19.0. The van der Waals surface area contributed by atoms with Crippen molar-refractivity contribution in [3.05, 3.63) is 12.2 Å². The summed E-state index contributed by atoms with van der Waals surface area (Å²) in [7, 11) is 0. The number of carbonyl (C=O) groups excluding carboxylic acids is 1. The molecule has 1 atom stereocenters. The Morgan fingerprint density at radius 3 is 2.85 bits per heavy atom. The minimum atomic E-state index is 0.00609. The maximum absolute atomic E-state index is 12.9. The van der Waals surface area contributed by atoms with Crippen LogP contribution in [0.4, 0.5) is 5.82 Å². The minimum absolute atomic E-state index is 0.00609. The molecule has 2 aromatic rings. The fourth-order valence-electron chi connectivity index (χ4n) is 5.21. The third kappa shape index (κ3) is 5.83. The number of nitrogens with one attached hydrogen (secondary N) is 1. The first kappa shape index (κ1) is 23.9. The summed E-state index contributed by atoms with van der Waals surface area (Å²) in [6, 6.07) is 0. The Hall–Kier alpha value is -2.22. The molecule has 1 fully saturated rings. The summed E-state index contributed by atoms with van der Waals surface area (Å²) >= 11 is 0. The minimum Gasteiger partial charge on any atom is -0.356 e. The average Bonchev–Trinajstić information content (AvgIpc) is 3.04. The highest BCUT2D eigenvalue weighted by molar-refractivity contribution is 5.85. The molecule has 4 rings (SSSR count). The maximum atomic E-state index is 12.9. The molecule has 0 aromatic carbocycles. The molecule has 8 heteroatoms. The number of anilines is 1. The second-order valence-electron chi connectivity index (χ2n) is 9.58. The highest BCUT2D eigenvalue weighted by atomic mass is 16.1. The van der Waals surface area contributed by atoms with Crippen molar-refractivity contribution >= 4 is 22.9 Å². The van der Waals surface area contributed by atoms with E-state index >= 15 is 0 Å². The standard InChI is InChI=1S/C25H41N7O/c1-3-5-14-30(4-2)15-10-13-26-25(33)20-11-9-16-31(18-20)23-22-24(28-19-27-23)32-17-8-6-7-12-21(32)29-22/h19-20H,3-18H2,1-2H3,(H,26,33)/t20-/m1/s1. The second-order valence-corrected chi connectivity index (χ2v) is 9.58. The first-order valence-electron chi connectivity index (χ1n) is 13.2. The highest BCUT2D eigenvalue weighted by Crippen LogP contribution is 2.29. The van der Waals surface area contributed by atoms with Gasteiger partial charge in [-0.1, -0.05) is 26.7 Å². The summed E-state index contributed by atoms with van der Waals surface area (Å²) in [4.78, 5) is 31.8. The maximum Gasteiger partial charge on any atom is 0.224 e. The largest absolute Gasteiger partial charge is 0.356 e. The van der Waals surface area contributed by atoms with E-state index in [-0.39, 0.29) is 11.8 Å². The van der Waals surface area contributed by atoms with Gasteiger partial charge in [-0.05, 0) is 58.2 Å². The van der Waals surface area contributed by atoms with Crippen LogP contribution in [0.5, 0.6) is 0 Å². The van der Waals surface area contributed by atoms with Gasteiger partial charge >= 0.3 is 0 Å². The van der Waals surface area contributed by atoms with Crippen molar-refractivity contribution in [3.8, 4) is 0 Å². The quantitative estimate of drug-likeness (QED) is 0.553. The van der Waals surface area contributed by atoms with Crippen LogP contribution in [-0.2, 0) is 17.8 Å². The van der Waals surface area contributed by atoms with Gasteiger partial charge in [-0.15, -0.1) is 0 Å². The van der Waals surface area contributed by atoms with Crippen molar-refractivity contribution in [1.82, 2.24) is 29.7 Å². The zero-order chi connectivity index (χ0) is 23.0. The molecule has 0 saturated carbocycles. The van der Waals surface area contributed by atoms with Crippen molar-refractivity contribution in [2.75, 3.05) is 44.2 Å². The molecule has 0 radical (unpaired) electrons. The molecular weight excluding hydrogens is 414 g/mol. The Labute approximate surface area is 198 Å². The fraction of sp³-hybridized carbons (Fsp3) is 0.760. The van der Waals surface area contributed by atoms with E-state index in [1.54, 1.807) is 6.33 Å². The Kier molecular flexibility index (Phi) is 8.53. The molecule has 2 aromatic heterocycles. The molecule has 1 N–H and O–H groups in total. The highest BCUT2D eigenvalue weighted by Gasteiger charge is 2.29. The van der Waals surface area contributed by atoms with E-state index in [9.17, 15) is 4.79 Å². The fourth-order valence-corrected chi connectivity index (χ4v) is 5.21. The number of hydrogen-bond donors (Lipinski definition) is 1. The van der Waals surface area contributed by atoms with Crippen LogP contribution in [0.2, 0.25) is 0 Å². The lowest BCUT2D eigenvalue weighted by Crippen LogP contribution is -2.44. The number of fused-ring (bicyclic) bond motifs is 3. The zero-order valence-electron chi connectivity index (χ0n) is 20.6. The van der Waals surface area contributed by atoms with E-state index in [0.29, 0.717) is 6.54 Å². The number of rotatable bonds is 10. The number of aromatic nitrogens is 4. The van der Waals surface area contributed by atoms with Gasteiger partial charge in [0.1, 0.15) is 12.2 Å². The molecule has 33 heavy (non-hydrogen) atoms. The molecule has 0 bridgehead atoms. The van der Waals surface area contributed by atoms with Crippen molar-refractivity contribution in [2.24, 2.45) is 5.92 Å². The molecule has 0 unspecified atom stereocenters. The molecule has 0 aliphatic carbocycles. The van der Waals surface area contributed by atoms with Gasteiger partial charge in [0, 0.05) is 32.6 Å². The van der Waals surface area contributed by atoms with E-state index in [2.05, 4.69) is 43.5 Å². The first-order valence-corrected chi connectivity index (χ1v) is 13.2. The molecule has 8 nitrogen and oxygen atoms in total. The number of amides is 1. The second kappa shape index (κ2) is 11.8. The third-order valence-electron chi connectivity index (χ3n) is 7.19. The molecule has 2 aliphatic heterocycles. The van der Waals surface area contributed by atoms with Crippen molar-refractivity contribution in [1.29, 1.82) is 0 Å². The van der Waals surface area contributed by atoms with E-state index in [1.165, 1.54) is 32.1 Å². The van der Waals surface area contributed by atoms with Gasteiger partial charge in [0.05, 0.1) is 5.92 Å². The van der Waals surface area contributed by atoms with Crippen molar-refractivity contribution in [2.45, 2.75) is 78.2 Å². The lowest BCUT2D eigenvalue weighted by atomic mass is 9.97. The number of aryl methyl sites for hydroxylation is 2. The number of hydrogen-bond acceptors (Lipinski definition) is 6. The first-order chi connectivity index (χ1) is 16.2. The van der Waals surface area contributed by atoms with Crippen LogP contribution in [0.15, 0.2) is 6.33 Å². The van der Waals surface area contributed by atoms with Crippen LogP contribution < -0.4 is 10.2 Å². The summed E-state index contributed by atoms with van der Waals surface area (Å²) < 4.78 is 2.28. The van der Waals surface area contributed by atoms with E-state index in [1.807, 2.05) is 0 Å². The molecule has 2 aliphatic rings. The lowest BCUT2D eigenvalue weighted by Gasteiger charge is -2.32. The number of imidazole rings is 1. The molecule has 1 amide bonds. The molecule has 182 valence electrons. The Morgan fingerprint density at radius 1 is 1.12 bits per heavy atom. The van der Waals surface area contributed by atoms with Crippen molar-refractivity contribution < 1.29 is 4.79 Å². The Morgan fingerprint density at radius 2 is 2.00 bits per heavy atom. The summed E-state index contributed by atoms with van der Waals surface area (Å²) in [5, 5.41) is 3.20. The van der Waals surface area contributed by atoms with E-state index in [4.69, 9.17) is 4.98 Å². The van der Waals surface area contributed by atoms with Gasteiger partial charge < -0.3 is 19.7 Å². The van der Waals surface area contributed by atoms with Gasteiger partial charge in [0.25, 0.3) is 0 Å². The van der Waals surface area contributed by atoms with Crippen LogP contribution in [0, 0.1) is 5.92 Å². The topological polar surface area (TPSA) is 79.2 Å². The predicted molar refractivity (Wildman–Crippen MR) is 132 cm³/mol. The average molecular weight is 456 g/mol. The third-order valence-corrected chi connectivity index (χ3v) is 7.19. The SMILES string of the molecule is CCCCN(CC)CCCNC(=O)[C@@H]1CCCN(c2ncnc3c2nc2n3CCCCC2)C1. The van der Waals surface area contributed by atoms with Crippen LogP contribution in [-0.4, -0.2) is 69.6 Å². The number of unbranched alkanes of at least 4 members (excludes halogenated alkanes) is 1. The van der Waals surface area contributed by atoms with Crippen LogP contribution >= 0.6 is 0 Å². The monoisotopic (exact) mass is 455 g/mol. The predicted octanol–water partition coefficient (Wildman–Crippen LogP) is 3.40. The molecule has 0 spiro atoms. The molecule has 1 saturated heterocycles. The number of carbonyl (C=O) groups is 1. The zero-order valence-corrected chi connectivity index (χ0v) is 20.6. The summed E-state index contributed by atoms with van der Waals surface area (Å²) in [5.74, 6) is 2.22. The van der Waals surface area contributed by atoms with Crippen LogP contribution in [0.25, 0.3) is 11.2 Å². The van der Waals surface area contributed by atoms with Gasteiger partial charge in [-0.3, -0.25) is 4.79 Å². The van der Waals surface area contributed by atoms with E-state index in [0.717, 1.165) is 87.8 Å². The van der Waals surface area contributed by atoms with Gasteiger partial charge in [-0.2, -0.15) is 0 Å². The Balaban J connectivity index is 1.35. The molecule has 4 heterocycles. The lowest BCUT2D eigenvalue weighted by molar-refractivity contribution is -0.125. The van der Waals surface area contributed by atoms with E-state index < -0.39 is 0 Å². The molecular formula is C25H41N7O. The van der Waals surface area contributed by atoms with Crippen LogP contribution in [0.1, 0.15) is 71.0 Å².